The summed E-state index contributed by atoms with van der Waals surface area (Å²) in [5, 5.41) is 2.85. The zero-order valence-corrected chi connectivity index (χ0v) is 14.9. The molecule has 24 heavy (non-hydrogen) atoms. The van der Waals surface area contributed by atoms with E-state index in [2.05, 4.69) is 33.8 Å². The molecule has 2 N–H and O–H groups in total. The first-order valence-electron chi connectivity index (χ1n) is 8.13. The topological polar surface area (TPSA) is 90.9 Å². The number of amidine groups is 1. The smallest absolute Gasteiger partial charge is 0.263 e. The van der Waals surface area contributed by atoms with Gasteiger partial charge in [0.15, 0.2) is 0 Å². The highest BCUT2D eigenvalue weighted by Crippen LogP contribution is 2.21. The van der Waals surface area contributed by atoms with E-state index in [0.29, 0.717) is 17.9 Å². The van der Waals surface area contributed by atoms with Crippen molar-refractivity contribution in [3.8, 4) is 0 Å². The minimum Gasteiger partial charge on any atom is -0.355 e. The number of nitrogens with zero attached hydrogens (tertiary/aromatic N) is 2. The molecule has 0 saturated carbocycles. The molecule has 1 amide bonds. The number of carbonyl (C=O) groups is 1. The maximum Gasteiger partial charge on any atom is 0.263 e. The van der Waals surface area contributed by atoms with Crippen LogP contribution in [-0.4, -0.2) is 57.8 Å². The van der Waals surface area contributed by atoms with Gasteiger partial charge in [0.1, 0.15) is 5.84 Å². The minimum atomic E-state index is -3.52. The van der Waals surface area contributed by atoms with Crippen molar-refractivity contribution in [3.63, 3.8) is 0 Å². The molecule has 8 heteroatoms. The fraction of sp³-hybridized carbons (Fsp3) is 0.500. The van der Waals surface area contributed by atoms with E-state index in [9.17, 15) is 13.2 Å². The van der Waals surface area contributed by atoms with Crippen molar-refractivity contribution in [2.24, 2.45) is 4.99 Å². The number of hydrogen-bond donors (Lipinski definition) is 2. The molecule has 1 aliphatic rings. The number of hydrogen-bond acceptors (Lipinski definition) is 5. The first-order chi connectivity index (χ1) is 11.5. The van der Waals surface area contributed by atoms with E-state index in [1.54, 1.807) is 24.3 Å². The molecule has 0 unspecified atom stereocenters. The summed E-state index contributed by atoms with van der Waals surface area (Å²) in [6.45, 7) is 7.75. The highest BCUT2D eigenvalue weighted by molar-refractivity contribution is 7.90. The zero-order chi connectivity index (χ0) is 17.6. The van der Waals surface area contributed by atoms with Crippen molar-refractivity contribution >= 4 is 21.8 Å². The van der Waals surface area contributed by atoms with Crippen LogP contribution in [0.3, 0.4) is 0 Å². The Hall–Kier alpha value is -1.93. The largest absolute Gasteiger partial charge is 0.355 e. The van der Waals surface area contributed by atoms with Gasteiger partial charge in [0, 0.05) is 25.1 Å². The number of likely N-dealkylation sites (N-methyl/N-ethyl adjacent to an activating group) is 1. The monoisotopic (exact) mass is 352 g/mol. The van der Waals surface area contributed by atoms with Crippen molar-refractivity contribution in [2.75, 3.05) is 32.7 Å². The molecule has 132 valence electrons. The van der Waals surface area contributed by atoms with Crippen LogP contribution in [-0.2, 0) is 14.8 Å². The minimum absolute atomic E-state index is 0.0827. The normalized spacial score (nSPS) is 16.9. The number of benzene rings is 1. The third kappa shape index (κ3) is 4.55. The van der Waals surface area contributed by atoms with Crippen molar-refractivity contribution in [2.45, 2.75) is 25.2 Å². The predicted molar refractivity (Wildman–Crippen MR) is 93.6 cm³/mol. The van der Waals surface area contributed by atoms with Gasteiger partial charge < -0.3 is 10.2 Å². The van der Waals surface area contributed by atoms with E-state index in [0.717, 1.165) is 19.6 Å². The number of aliphatic imine (C=N–C) groups is 1. The van der Waals surface area contributed by atoms with E-state index in [1.165, 1.54) is 0 Å². The van der Waals surface area contributed by atoms with Crippen LogP contribution in [0.5, 0.6) is 0 Å². The quantitative estimate of drug-likeness (QED) is 0.716. The Balaban J connectivity index is 1.84. The zero-order valence-electron chi connectivity index (χ0n) is 14.1. The van der Waals surface area contributed by atoms with Gasteiger partial charge in [-0.2, -0.15) is 0 Å². The molecule has 0 aliphatic carbocycles. The molecule has 0 radical (unpaired) electrons. The van der Waals surface area contributed by atoms with Gasteiger partial charge in [-0.15, -0.1) is 0 Å². The van der Waals surface area contributed by atoms with Crippen molar-refractivity contribution in [1.29, 1.82) is 0 Å². The van der Waals surface area contributed by atoms with E-state index in [-0.39, 0.29) is 23.8 Å². The molecule has 0 atom stereocenters. The van der Waals surface area contributed by atoms with Crippen LogP contribution in [0.2, 0.25) is 0 Å². The maximum atomic E-state index is 11.9. The molecule has 7 nitrogen and oxygen atoms in total. The van der Waals surface area contributed by atoms with E-state index >= 15 is 0 Å². The number of amides is 1. The fourth-order valence-electron chi connectivity index (χ4n) is 2.50. The third-order valence-corrected chi connectivity index (χ3v) is 5.31. The van der Waals surface area contributed by atoms with Gasteiger partial charge in [0.25, 0.3) is 10.0 Å². The molecule has 0 aromatic heterocycles. The molecule has 1 heterocycles. The molecule has 0 fully saturated rings. The second-order valence-electron chi connectivity index (χ2n) is 5.46. The molecule has 1 aromatic carbocycles. The average molecular weight is 352 g/mol. The number of rotatable bonds is 8. The molecule has 0 bridgehead atoms. The van der Waals surface area contributed by atoms with Crippen LogP contribution >= 0.6 is 0 Å². The molecule has 1 aromatic rings. The molecule has 1 aliphatic heterocycles. The molecule has 0 spiro atoms. The number of carbonyl (C=O) groups excluding carboxylic acids is 1. The van der Waals surface area contributed by atoms with Gasteiger partial charge in [0.05, 0.1) is 11.4 Å². The lowest BCUT2D eigenvalue weighted by molar-refractivity contribution is -0.120. The Morgan fingerprint density at radius 2 is 1.96 bits per heavy atom. The highest BCUT2D eigenvalue weighted by Gasteiger charge is 2.29. The number of nitrogens with one attached hydrogen (secondary N) is 2. The standard InChI is InChI=1S/C16H24N4O3S/c1-3-20(4-2)12-11-17-15(21)9-10-18-16-13-7-5-6-8-14(13)24(22,23)19-16/h5-8H,3-4,9-12H2,1-2H3,(H,17,21)(H,18,19). The predicted octanol–water partition coefficient (Wildman–Crippen LogP) is 0.573. The second kappa shape index (κ2) is 8.25. The molecular formula is C16H24N4O3S. The summed E-state index contributed by atoms with van der Waals surface area (Å²) in [6.07, 6.45) is 0.228. The average Bonchev–Trinajstić information content (AvgIpc) is 2.83. The van der Waals surface area contributed by atoms with Crippen molar-refractivity contribution in [3.05, 3.63) is 29.8 Å². The van der Waals surface area contributed by atoms with E-state index in [1.807, 2.05) is 0 Å². The van der Waals surface area contributed by atoms with Crippen LogP contribution in [0.25, 0.3) is 0 Å². The summed E-state index contributed by atoms with van der Waals surface area (Å²) in [7, 11) is -3.52. The first-order valence-corrected chi connectivity index (χ1v) is 9.62. The fourth-order valence-corrected chi connectivity index (χ4v) is 3.75. The molecule has 0 saturated heterocycles. The van der Waals surface area contributed by atoms with Crippen LogP contribution in [0.4, 0.5) is 0 Å². The lowest BCUT2D eigenvalue weighted by atomic mass is 10.2. The first kappa shape index (κ1) is 18.4. The summed E-state index contributed by atoms with van der Waals surface area (Å²) >= 11 is 0. The van der Waals surface area contributed by atoms with Gasteiger partial charge in [-0.1, -0.05) is 26.0 Å². The Labute approximate surface area is 143 Å². The van der Waals surface area contributed by atoms with Crippen LogP contribution < -0.4 is 10.0 Å². The number of sulfonamides is 1. The lowest BCUT2D eigenvalue weighted by Gasteiger charge is -2.17. The maximum absolute atomic E-state index is 11.9. The van der Waals surface area contributed by atoms with Gasteiger partial charge in [-0.05, 0) is 25.2 Å². The Morgan fingerprint density at radius 1 is 1.25 bits per heavy atom. The van der Waals surface area contributed by atoms with Gasteiger partial charge in [-0.25, -0.2) is 8.42 Å². The van der Waals surface area contributed by atoms with E-state index in [4.69, 9.17) is 0 Å². The van der Waals surface area contributed by atoms with E-state index < -0.39 is 10.0 Å². The van der Waals surface area contributed by atoms with Crippen LogP contribution in [0, 0.1) is 0 Å². The summed E-state index contributed by atoms with van der Waals surface area (Å²) in [5.41, 5.74) is 0.555. The summed E-state index contributed by atoms with van der Waals surface area (Å²) in [6, 6.07) is 6.68. The van der Waals surface area contributed by atoms with Crippen molar-refractivity contribution in [1.82, 2.24) is 14.9 Å². The summed E-state index contributed by atoms with van der Waals surface area (Å²) in [5.74, 6) is 0.224. The Bertz CT molecular complexity index is 712. The highest BCUT2D eigenvalue weighted by atomic mass is 32.2. The third-order valence-electron chi connectivity index (χ3n) is 3.92. The molecule has 2 rings (SSSR count). The van der Waals surface area contributed by atoms with Crippen molar-refractivity contribution < 1.29 is 13.2 Å². The van der Waals surface area contributed by atoms with Gasteiger partial charge >= 0.3 is 0 Å². The SMILES string of the molecule is CCN(CC)CCNC(=O)CCN=C1NS(=O)(=O)c2ccccc21. The molecular weight excluding hydrogens is 328 g/mol. The Morgan fingerprint density at radius 3 is 2.67 bits per heavy atom. The van der Waals surface area contributed by atoms with Crippen LogP contribution in [0.15, 0.2) is 34.2 Å². The Kier molecular flexibility index (Phi) is 6.33. The number of fused-ring (bicyclic) bond motifs is 1. The van der Waals surface area contributed by atoms with Gasteiger partial charge in [0.2, 0.25) is 5.91 Å². The lowest BCUT2D eigenvalue weighted by Crippen LogP contribution is -2.35. The summed E-state index contributed by atoms with van der Waals surface area (Å²) in [4.78, 5) is 18.5. The second-order valence-corrected chi connectivity index (χ2v) is 7.11. The van der Waals surface area contributed by atoms with Gasteiger partial charge in [-0.3, -0.25) is 14.5 Å². The van der Waals surface area contributed by atoms with Crippen LogP contribution in [0.1, 0.15) is 25.8 Å². The summed E-state index contributed by atoms with van der Waals surface area (Å²) < 4.78 is 26.3.